The van der Waals surface area contributed by atoms with Gasteiger partial charge in [0.25, 0.3) is 0 Å². The van der Waals surface area contributed by atoms with Gasteiger partial charge in [0.1, 0.15) is 0 Å². The zero-order chi connectivity index (χ0) is 16.7. The van der Waals surface area contributed by atoms with Crippen molar-refractivity contribution in [1.82, 2.24) is 25.3 Å². The van der Waals surface area contributed by atoms with Crippen LogP contribution in [0.5, 0.6) is 0 Å². The normalized spacial score (nSPS) is 16.3. The zero-order valence-electron chi connectivity index (χ0n) is 13.9. The van der Waals surface area contributed by atoms with E-state index >= 15 is 0 Å². The highest BCUT2D eigenvalue weighted by molar-refractivity contribution is 6.13. The van der Waals surface area contributed by atoms with Gasteiger partial charge in [-0.3, -0.25) is 4.98 Å². The van der Waals surface area contributed by atoms with E-state index in [1.54, 1.807) is 17.5 Å². The predicted octanol–water partition coefficient (Wildman–Crippen LogP) is 0.785. The fourth-order valence-corrected chi connectivity index (χ4v) is 2.30. The number of aromatic nitrogens is 1. The maximum absolute atomic E-state index is 7.49. The number of hydrogen-bond donors (Lipinski definition) is 2. The summed E-state index contributed by atoms with van der Waals surface area (Å²) in [4.78, 5) is 8.47. The third-order valence-electron chi connectivity index (χ3n) is 3.77. The van der Waals surface area contributed by atoms with Crippen LogP contribution in [0.2, 0.25) is 0 Å². The van der Waals surface area contributed by atoms with Crippen LogP contribution in [0.3, 0.4) is 0 Å². The van der Waals surface area contributed by atoms with Crippen LogP contribution in [0.15, 0.2) is 41.8 Å². The van der Waals surface area contributed by atoms with Crippen LogP contribution in [0, 0.1) is 5.41 Å². The van der Waals surface area contributed by atoms with Crippen molar-refractivity contribution in [2.75, 3.05) is 40.3 Å². The van der Waals surface area contributed by atoms with Crippen LogP contribution in [0.4, 0.5) is 0 Å². The number of pyridine rings is 1. The maximum atomic E-state index is 7.49. The van der Waals surface area contributed by atoms with Gasteiger partial charge in [-0.25, -0.2) is 10.5 Å². The van der Waals surface area contributed by atoms with Crippen molar-refractivity contribution < 1.29 is 0 Å². The topological polar surface area (TPSA) is 70.8 Å². The molecule has 1 fully saturated rings. The van der Waals surface area contributed by atoms with Crippen molar-refractivity contribution in [2.45, 2.75) is 6.54 Å². The Hall–Kier alpha value is -2.25. The van der Waals surface area contributed by atoms with Crippen LogP contribution >= 0.6 is 0 Å². The van der Waals surface area contributed by atoms with Crippen molar-refractivity contribution in [2.24, 2.45) is 5.10 Å². The minimum Gasteiger partial charge on any atom is -0.352 e. The number of nitrogens with zero attached hydrogens (tertiary/aromatic N) is 5. The molecular weight excluding hydrogens is 290 g/mol. The Kier molecular flexibility index (Phi) is 6.25. The molecule has 7 heteroatoms. The molecule has 2 heterocycles. The van der Waals surface area contributed by atoms with Gasteiger partial charge in [-0.1, -0.05) is 6.58 Å². The summed E-state index contributed by atoms with van der Waals surface area (Å²) in [6, 6.07) is 3.92. The molecule has 0 saturated carbocycles. The highest BCUT2D eigenvalue weighted by Crippen LogP contribution is 2.06. The Labute approximate surface area is 137 Å². The molecule has 7 nitrogen and oxygen atoms in total. The Morgan fingerprint density at radius 2 is 2.04 bits per heavy atom. The van der Waals surface area contributed by atoms with Crippen LogP contribution in [-0.4, -0.2) is 72.2 Å². The molecule has 0 amide bonds. The van der Waals surface area contributed by atoms with E-state index in [9.17, 15) is 0 Å². The largest absolute Gasteiger partial charge is 0.352 e. The molecule has 1 saturated heterocycles. The van der Waals surface area contributed by atoms with Gasteiger partial charge >= 0.3 is 0 Å². The molecular formula is C16H25N7. The highest BCUT2D eigenvalue weighted by atomic mass is 15.7. The Morgan fingerprint density at radius 1 is 1.39 bits per heavy atom. The molecule has 23 heavy (non-hydrogen) atoms. The van der Waals surface area contributed by atoms with Gasteiger partial charge in [-0.05, 0) is 24.7 Å². The second-order valence-electron chi connectivity index (χ2n) is 5.60. The van der Waals surface area contributed by atoms with E-state index in [1.165, 1.54) is 6.21 Å². The summed E-state index contributed by atoms with van der Waals surface area (Å²) in [6.07, 6.45) is 4.80. The lowest BCUT2D eigenvalue weighted by Gasteiger charge is -2.35. The first-order chi connectivity index (χ1) is 11.1. The number of hydrazine groups is 1. The molecule has 0 bridgehead atoms. The molecule has 0 atom stereocenters. The van der Waals surface area contributed by atoms with Gasteiger partial charge in [0, 0.05) is 64.0 Å². The predicted molar refractivity (Wildman–Crippen MR) is 93.3 cm³/mol. The van der Waals surface area contributed by atoms with E-state index in [1.807, 2.05) is 19.2 Å². The second-order valence-corrected chi connectivity index (χ2v) is 5.60. The number of hydrazone groups is 1. The fraction of sp³-hybridized carbons (Fsp3) is 0.438. The molecule has 0 aromatic carbocycles. The summed E-state index contributed by atoms with van der Waals surface area (Å²) >= 11 is 0. The van der Waals surface area contributed by atoms with Crippen molar-refractivity contribution in [1.29, 1.82) is 5.41 Å². The molecule has 0 aliphatic carbocycles. The molecule has 2 rings (SSSR count). The smallest absolute Gasteiger partial charge is 0.158 e. The van der Waals surface area contributed by atoms with E-state index in [0.29, 0.717) is 12.1 Å². The molecule has 124 valence electrons. The minimum atomic E-state index is 0.618. The third kappa shape index (κ3) is 5.15. The average molecular weight is 315 g/mol. The standard InChI is InChI=1S/C16H25N7/c1-14(12-17)16(23-10-8-21(2)9-11-23)20-22(3)19-13-15-4-6-18-7-5-15/h4-7,12,17,19H,1,8-11,13H2,2-3H3/b17-12?,20-16+. The summed E-state index contributed by atoms with van der Waals surface area (Å²) in [5, 5.41) is 13.8. The Bertz CT molecular complexity index is 547. The summed E-state index contributed by atoms with van der Waals surface area (Å²) in [5.41, 5.74) is 4.97. The SMILES string of the molecule is C=C(C=N)/C(=N\N(C)NCc1ccncc1)N1CCN(C)CC1. The summed E-state index contributed by atoms with van der Waals surface area (Å²) in [6.45, 7) is 8.36. The first-order valence-electron chi connectivity index (χ1n) is 7.68. The van der Waals surface area contributed by atoms with Crippen LogP contribution in [0.25, 0.3) is 0 Å². The van der Waals surface area contributed by atoms with Crippen LogP contribution in [-0.2, 0) is 6.54 Å². The summed E-state index contributed by atoms with van der Waals surface area (Å²) < 4.78 is 0. The van der Waals surface area contributed by atoms with E-state index in [0.717, 1.165) is 37.6 Å². The molecule has 2 N–H and O–H groups in total. The molecule has 1 aliphatic heterocycles. The average Bonchev–Trinajstić information content (AvgIpc) is 2.59. The summed E-state index contributed by atoms with van der Waals surface area (Å²) in [7, 11) is 3.97. The number of hydrogen-bond acceptors (Lipinski definition) is 6. The van der Waals surface area contributed by atoms with Gasteiger partial charge in [-0.2, -0.15) is 0 Å². The number of piperazine rings is 1. The van der Waals surface area contributed by atoms with Gasteiger partial charge in [0.05, 0.1) is 0 Å². The lowest BCUT2D eigenvalue weighted by molar-refractivity contribution is 0.202. The van der Waals surface area contributed by atoms with E-state index in [2.05, 4.69) is 38.9 Å². The lowest BCUT2D eigenvalue weighted by atomic mass is 10.2. The van der Waals surface area contributed by atoms with Crippen molar-refractivity contribution in [3.8, 4) is 0 Å². The quantitative estimate of drug-likeness (QED) is 0.461. The van der Waals surface area contributed by atoms with Gasteiger partial charge in [0.15, 0.2) is 5.84 Å². The molecule has 1 aromatic rings. The maximum Gasteiger partial charge on any atom is 0.158 e. The first-order valence-corrected chi connectivity index (χ1v) is 7.68. The van der Waals surface area contributed by atoms with E-state index in [4.69, 9.17) is 5.41 Å². The minimum absolute atomic E-state index is 0.618. The molecule has 0 radical (unpaired) electrons. The fourth-order valence-electron chi connectivity index (χ4n) is 2.30. The Balaban J connectivity index is 2.00. The first kappa shape index (κ1) is 17.1. The second kappa shape index (κ2) is 8.40. The molecule has 0 unspecified atom stereocenters. The number of rotatable bonds is 6. The highest BCUT2D eigenvalue weighted by Gasteiger charge is 2.19. The van der Waals surface area contributed by atoms with E-state index < -0.39 is 0 Å². The van der Waals surface area contributed by atoms with Crippen molar-refractivity contribution in [3.63, 3.8) is 0 Å². The van der Waals surface area contributed by atoms with Gasteiger partial charge in [0.2, 0.25) is 0 Å². The third-order valence-corrected chi connectivity index (χ3v) is 3.77. The lowest BCUT2D eigenvalue weighted by Crippen LogP contribution is -2.48. The molecule has 0 spiro atoms. The van der Waals surface area contributed by atoms with E-state index in [-0.39, 0.29) is 0 Å². The van der Waals surface area contributed by atoms with Crippen molar-refractivity contribution >= 4 is 12.1 Å². The zero-order valence-corrected chi connectivity index (χ0v) is 13.9. The van der Waals surface area contributed by atoms with Crippen LogP contribution < -0.4 is 5.43 Å². The summed E-state index contributed by atoms with van der Waals surface area (Å²) in [5.74, 6) is 0.748. The molecule has 1 aromatic heterocycles. The number of likely N-dealkylation sites (N-methyl/N-ethyl adjacent to an activating group) is 1. The monoisotopic (exact) mass is 315 g/mol. The molecule has 1 aliphatic rings. The van der Waals surface area contributed by atoms with Crippen molar-refractivity contribution in [3.05, 3.63) is 42.2 Å². The van der Waals surface area contributed by atoms with Gasteiger partial charge < -0.3 is 15.2 Å². The number of amidine groups is 1. The number of nitrogens with one attached hydrogen (secondary N) is 2. The Morgan fingerprint density at radius 3 is 2.65 bits per heavy atom. The van der Waals surface area contributed by atoms with Gasteiger partial charge in [-0.15, -0.1) is 5.10 Å². The van der Waals surface area contributed by atoms with Crippen LogP contribution in [0.1, 0.15) is 5.56 Å².